The van der Waals surface area contributed by atoms with Crippen molar-refractivity contribution in [3.63, 3.8) is 0 Å². The van der Waals surface area contributed by atoms with Crippen LogP contribution < -0.4 is 0 Å². The zero-order valence-electron chi connectivity index (χ0n) is 9.76. The number of nitrogens with zero attached hydrogens (tertiary/aromatic N) is 1. The first-order valence-corrected chi connectivity index (χ1v) is 5.82. The molecule has 6 nitrogen and oxygen atoms in total. The molecule has 96 valence electrons. The van der Waals surface area contributed by atoms with Gasteiger partial charge >= 0.3 is 12.1 Å². The van der Waals surface area contributed by atoms with E-state index >= 15 is 0 Å². The van der Waals surface area contributed by atoms with Crippen LogP contribution in [-0.4, -0.2) is 52.5 Å². The maximum absolute atomic E-state index is 11.7. The highest BCUT2D eigenvalue weighted by Gasteiger charge is 2.55. The molecule has 1 atom stereocenters. The van der Waals surface area contributed by atoms with Gasteiger partial charge in [-0.05, 0) is 31.6 Å². The predicted octanol–water partition coefficient (Wildman–Crippen LogP) is 0.443. The largest absolute Gasteiger partial charge is 0.465 e. The summed E-state index contributed by atoms with van der Waals surface area (Å²) in [4.78, 5) is 23.9. The fourth-order valence-corrected chi connectivity index (χ4v) is 2.94. The summed E-state index contributed by atoms with van der Waals surface area (Å²) in [5, 5.41) is 18.4. The van der Waals surface area contributed by atoms with Crippen LogP contribution in [0.3, 0.4) is 0 Å². The number of likely N-dealkylation sites (tertiary alicyclic amines) is 1. The normalized spacial score (nSPS) is 35.8. The number of carboxylic acid groups (broad SMARTS) is 1. The van der Waals surface area contributed by atoms with E-state index in [4.69, 9.17) is 9.84 Å². The highest BCUT2D eigenvalue weighted by molar-refractivity contribution is 5.81. The van der Waals surface area contributed by atoms with Crippen LogP contribution in [0, 0.1) is 5.41 Å². The van der Waals surface area contributed by atoms with E-state index in [0.717, 1.165) is 4.90 Å². The zero-order valence-corrected chi connectivity index (χ0v) is 9.76. The molecule has 2 aliphatic rings. The molecule has 1 spiro atoms. The van der Waals surface area contributed by atoms with Gasteiger partial charge in [-0.25, -0.2) is 9.59 Å². The van der Waals surface area contributed by atoms with Gasteiger partial charge in [0, 0.05) is 6.54 Å². The molecule has 0 aromatic rings. The molecule has 0 bridgehead atoms. The van der Waals surface area contributed by atoms with Gasteiger partial charge in [-0.2, -0.15) is 0 Å². The summed E-state index contributed by atoms with van der Waals surface area (Å²) in [5.41, 5.74) is -0.213. The first-order valence-electron chi connectivity index (χ1n) is 5.82. The molecule has 0 aromatic heterocycles. The van der Waals surface area contributed by atoms with Gasteiger partial charge in [0.1, 0.15) is 6.04 Å². The van der Waals surface area contributed by atoms with Crippen LogP contribution >= 0.6 is 0 Å². The third-order valence-electron chi connectivity index (χ3n) is 3.65. The summed E-state index contributed by atoms with van der Waals surface area (Å²) in [7, 11) is 0. The lowest BCUT2D eigenvalue weighted by molar-refractivity contribution is -0.148. The standard InChI is InChI=1S/C11H17NO5/c1-2-17-9(14)8-5-11(3-7(13)4-11)6-12(8)10(15)16/h7-8,13H,2-6H2,1H3,(H,15,16). The van der Waals surface area contributed by atoms with Gasteiger partial charge in [0.05, 0.1) is 12.7 Å². The van der Waals surface area contributed by atoms with Gasteiger partial charge in [0.25, 0.3) is 0 Å². The van der Waals surface area contributed by atoms with E-state index in [1.807, 2.05) is 0 Å². The summed E-state index contributed by atoms with van der Waals surface area (Å²) < 4.78 is 4.89. The molecule has 2 N–H and O–H groups in total. The third kappa shape index (κ3) is 2.09. The molecule has 2 rings (SSSR count). The second-order valence-electron chi connectivity index (χ2n) is 4.94. The van der Waals surface area contributed by atoms with Gasteiger partial charge < -0.3 is 14.9 Å². The number of aliphatic hydroxyl groups is 1. The van der Waals surface area contributed by atoms with Crippen LogP contribution in [-0.2, 0) is 9.53 Å². The van der Waals surface area contributed by atoms with E-state index in [1.54, 1.807) is 6.92 Å². The lowest BCUT2D eigenvalue weighted by atomic mass is 9.65. The summed E-state index contributed by atoms with van der Waals surface area (Å²) in [6.07, 6.45) is 0.169. The zero-order chi connectivity index (χ0) is 12.6. The molecule has 1 aliphatic heterocycles. The van der Waals surface area contributed by atoms with E-state index < -0.39 is 18.1 Å². The van der Waals surface area contributed by atoms with Gasteiger partial charge in [-0.15, -0.1) is 0 Å². The number of hydrogen-bond acceptors (Lipinski definition) is 4. The third-order valence-corrected chi connectivity index (χ3v) is 3.65. The van der Waals surface area contributed by atoms with Crippen LogP contribution in [0.15, 0.2) is 0 Å². The van der Waals surface area contributed by atoms with Crippen molar-refractivity contribution in [1.29, 1.82) is 0 Å². The molecular formula is C11H17NO5. The molecule has 1 heterocycles. The number of ether oxygens (including phenoxy) is 1. The Balaban J connectivity index is 2.08. The Morgan fingerprint density at radius 3 is 2.53 bits per heavy atom. The summed E-state index contributed by atoms with van der Waals surface area (Å²) in [6.45, 7) is 2.27. The fourth-order valence-electron chi connectivity index (χ4n) is 2.94. The van der Waals surface area contributed by atoms with Crippen molar-refractivity contribution in [1.82, 2.24) is 4.90 Å². The minimum absolute atomic E-state index is 0.213. The smallest absolute Gasteiger partial charge is 0.408 e. The van der Waals surface area contributed by atoms with Gasteiger partial charge in [0.2, 0.25) is 0 Å². The van der Waals surface area contributed by atoms with E-state index in [2.05, 4.69) is 0 Å². The Bertz CT molecular complexity index is 337. The first kappa shape index (κ1) is 12.2. The van der Waals surface area contributed by atoms with Crippen LogP contribution in [0.5, 0.6) is 0 Å². The summed E-state index contributed by atoms with van der Waals surface area (Å²) in [5.74, 6) is -0.479. The maximum atomic E-state index is 11.7. The fraction of sp³-hybridized carbons (Fsp3) is 0.818. The predicted molar refractivity (Wildman–Crippen MR) is 57.4 cm³/mol. The van der Waals surface area contributed by atoms with E-state index in [9.17, 15) is 14.7 Å². The molecule has 1 unspecified atom stereocenters. The monoisotopic (exact) mass is 243 g/mol. The summed E-state index contributed by atoms with van der Waals surface area (Å²) >= 11 is 0. The van der Waals surface area contributed by atoms with Crippen LogP contribution in [0.2, 0.25) is 0 Å². The molecule has 1 saturated carbocycles. The van der Waals surface area contributed by atoms with Crippen LogP contribution in [0.1, 0.15) is 26.2 Å². The minimum Gasteiger partial charge on any atom is -0.465 e. The number of amides is 1. The highest BCUT2D eigenvalue weighted by Crippen LogP contribution is 2.50. The SMILES string of the molecule is CCOC(=O)C1CC2(CC(O)C2)CN1C(=O)O. The Hall–Kier alpha value is -1.30. The number of aliphatic hydroxyl groups excluding tert-OH is 1. The molecule has 6 heteroatoms. The molecular weight excluding hydrogens is 226 g/mol. The molecule has 17 heavy (non-hydrogen) atoms. The average molecular weight is 243 g/mol. The molecule has 0 aromatic carbocycles. The molecule has 1 saturated heterocycles. The Labute approximate surface area is 99.2 Å². The molecule has 2 fully saturated rings. The van der Waals surface area contributed by atoms with Crippen molar-refractivity contribution < 1.29 is 24.5 Å². The number of carbonyl (C=O) groups is 2. The van der Waals surface area contributed by atoms with Crippen molar-refractivity contribution in [3.8, 4) is 0 Å². The topological polar surface area (TPSA) is 87.1 Å². The second kappa shape index (κ2) is 4.18. The maximum Gasteiger partial charge on any atom is 0.408 e. The van der Waals surface area contributed by atoms with Crippen molar-refractivity contribution in [2.75, 3.05) is 13.2 Å². The molecule has 1 amide bonds. The van der Waals surface area contributed by atoms with Gasteiger partial charge in [0.15, 0.2) is 0 Å². The lowest BCUT2D eigenvalue weighted by Gasteiger charge is -2.42. The van der Waals surface area contributed by atoms with Gasteiger partial charge in [-0.1, -0.05) is 0 Å². The van der Waals surface area contributed by atoms with E-state index in [-0.39, 0.29) is 18.1 Å². The Morgan fingerprint density at radius 2 is 2.06 bits per heavy atom. The number of carbonyl (C=O) groups excluding carboxylic acids is 1. The summed E-state index contributed by atoms with van der Waals surface area (Å²) in [6, 6.07) is -0.708. The molecule has 1 aliphatic carbocycles. The minimum atomic E-state index is -1.10. The van der Waals surface area contributed by atoms with Crippen LogP contribution in [0.25, 0.3) is 0 Å². The number of esters is 1. The van der Waals surface area contributed by atoms with Crippen molar-refractivity contribution in [3.05, 3.63) is 0 Å². The van der Waals surface area contributed by atoms with Gasteiger partial charge in [-0.3, -0.25) is 4.90 Å². The first-order chi connectivity index (χ1) is 7.97. The lowest BCUT2D eigenvalue weighted by Crippen LogP contribution is -2.44. The quantitative estimate of drug-likeness (QED) is 0.687. The van der Waals surface area contributed by atoms with Crippen molar-refractivity contribution in [2.45, 2.75) is 38.3 Å². The van der Waals surface area contributed by atoms with Crippen molar-refractivity contribution >= 4 is 12.1 Å². The van der Waals surface area contributed by atoms with Crippen LogP contribution in [0.4, 0.5) is 4.79 Å². The van der Waals surface area contributed by atoms with E-state index in [1.165, 1.54) is 0 Å². The number of hydrogen-bond donors (Lipinski definition) is 2. The highest BCUT2D eigenvalue weighted by atomic mass is 16.5. The second-order valence-corrected chi connectivity index (χ2v) is 4.94. The Kier molecular flexibility index (Phi) is 2.99. The van der Waals surface area contributed by atoms with E-state index in [0.29, 0.717) is 25.8 Å². The number of rotatable bonds is 2. The average Bonchev–Trinajstić information content (AvgIpc) is 2.58. The Morgan fingerprint density at radius 1 is 1.41 bits per heavy atom. The van der Waals surface area contributed by atoms with Crippen molar-refractivity contribution in [2.24, 2.45) is 5.41 Å². The molecule has 0 radical (unpaired) electrons.